The highest BCUT2D eigenvalue weighted by Crippen LogP contribution is 2.21. The van der Waals surface area contributed by atoms with Crippen LogP contribution in [0.2, 0.25) is 0 Å². The van der Waals surface area contributed by atoms with Gasteiger partial charge in [-0.2, -0.15) is 10.1 Å². The zero-order chi connectivity index (χ0) is 13.6. The number of anilines is 2. The number of nitrogens with zero attached hydrogens (tertiary/aromatic N) is 4. The first-order chi connectivity index (χ1) is 9.92. The highest BCUT2D eigenvalue weighted by Gasteiger charge is 2.16. The van der Waals surface area contributed by atoms with Crippen LogP contribution in [-0.2, 0) is 0 Å². The van der Waals surface area contributed by atoms with Gasteiger partial charge < -0.3 is 10.2 Å². The van der Waals surface area contributed by atoms with Crippen molar-refractivity contribution >= 4 is 11.8 Å². The lowest BCUT2D eigenvalue weighted by Gasteiger charge is -2.24. The summed E-state index contributed by atoms with van der Waals surface area (Å²) in [7, 11) is 0. The summed E-state index contributed by atoms with van der Waals surface area (Å²) in [5.41, 5.74) is 0. The van der Waals surface area contributed by atoms with Crippen molar-refractivity contribution in [2.24, 2.45) is 0 Å². The topological polar surface area (TPSA) is 53.9 Å². The van der Waals surface area contributed by atoms with E-state index in [1.54, 1.807) is 6.20 Å². The van der Waals surface area contributed by atoms with E-state index < -0.39 is 0 Å². The first kappa shape index (κ1) is 13.6. The lowest BCUT2D eigenvalue weighted by molar-refractivity contribution is 0.460. The second-order valence-electron chi connectivity index (χ2n) is 6.02. The summed E-state index contributed by atoms with van der Waals surface area (Å²) in [6.07, 6.45) is 13.5. The molecular weight excluding hydrogens is 250 g/mol. The molecule has 5 nitrogen and oxygen atoms in total. The van der Waals surface area contributed by atoms with Crippen LogP contribution in [0.3, 0.4) is 0 Å². The molecule has 110 valence electrons. The number of hydrogen-bond donors (Lipinski definition) is 1. The first-order valence-electron chi connectivity index (χ1n) is 8.13. The van der Waals surface area contributed by atoms with Gasteiger partial charge in [0.25, 0.3) is 0 Å². The van der Waals surface area contributed by atoms with Gasteiger partial charge >= 0.3 is 0 Å². The second kappa shape index (κ2) is 6.86. The maximum Gasteiger partial charge on any atom is 0.244 e. The molecule has 1 aromatic heterocycles. The van der Waals surface area contributed by atoms with E-state index in [-0.39, 0.29) is 0 Å². The summed E-state index contributed by atoms with van der Waals surface area (Å²) in [5, 5.41) is 11.8. The van der Waals surface area contributed by atoms with Crippen molar-refractivity contribution in [2.45, 2.75) is 63.8 Å². The Hall–Kier alpha value is -1.39. The summed E-state index contributed by atoms with van der Waals surface area (Å²) < 4.78 is 0. The quantitative estimate of drug-likeness (QED) is 0.919. The second-order valence-corrected chi connectivity index (χ2v) is 6.02. The van der Waals surface area contributed by atoms with Crippen LogP contribution in [0.25, 0.3) is 0 Å². The van der Waals surface area contributed by atoms with Crippen LogP contribution < -0.4 is 10.2 Å². The van der Waals surface area contributed by atoms with Crippen LogP contribution in [-0.4, -0.2) is 34.3 Å². The third kappa shape index (κ3) is 3.58. The van der Waals surface area contributed by atoms with E-state index in [1.807, 2.05) is 0 Å². The van der Waals surface area contributed by atoms with Crippen molar-refractivity contribution in [1.29, 1.82) is 0 Å². The molecule has 0 aromatic carbocycles. The van der Waals surface area contributed by atoms with Crippen LogP contribution in [0.15, 0.2) is 6.20 Å². The van der Waals surface area contributed by atoms with Crippen LogP contribution in [0, 0.1) is 0 Å². The van der Waals surface area contributed by atoms with Gasteiger partial charge in [-0.15, -0.1) is 5.10 Å². The molecule has 1 saturated heterocycles. The maximum atomic E-state index is 4.67. The fourth-order valence-corrected chi connectivity index (χ4v) is 3.24. The minimum atomic E-state index is 0.532. The Morgan fingerprint density at radius 2 is 1.65 bits per heavy atom. The molecule has 1 aromatic rings. The van der Waals surface area contributed by atoms with Gasteiger partial charge in [0, 0.05) is 19.1 Å². The Balaban J connectivity index is 1.65. The Bertz CT molecular complexity index is 408. The molecular formula is C15H25N5. The Kier molecular flexibility index (Phi) is 4.66. The van der Waals surface area contributed by atoms with E-state index >= 15 is 0 Å². The zero-order valence-corrected chi connectivity index (χ0v) is 12.2. The summed E-state index contributed by atoms with van der Waals surface area (Å²) in [6.45, 7) is 2.20. The summed E-state index contributed by atoms with van der Waals surface area (Å²) in [5.74, 6) is 1.69. The smallest absolute Gasteiger partial charge is 0.244 e. The molecule has 0 bridgehead atoms. The molecule has 0 atom stereocenters. The molecule has 1 aliphatic carbocycles. The molecule has 0 radical (unpaired) electrons. The van der Waals surface area contributed by atoms with Crippen LogP contribution in [0.4, 0.5) is 11.8 Å². The van der Waals surface area contributed by atoms with Gasteiger partial charge in [-0.05, 0) is 25.7 Å². The van der Waals surface area contributed by atoms with Crippen LogP contribution in [0.5, 0.6) is 0 Å². The van der Waals surface area contributed by atoms with Gasteiger partial charge in [-0.25, -0.2) is 0 Å². The summed E-state index contributed by atoms with van der Waals surface area (Å²) in [4.78, 5) is 7.03. The fourth-order valence-electron chi connectivity index (χ4n) is 3.24. The molecule has 2 aliphatic rings. The van der Waals surface area contributed by atoms with E-state index in [1.165, 1.54) is 57.8 Å². The third-order valence-electron chi connectivity index (χ3n) is 4.41. The third-order valence-corrected chi connectivity index (χ3v) is 4.41. The average molecular weight is 275 g/mol. The largest absolute Gasteiger partial charge is 0.355 e. The zero-order valence-electron chi connectivity index (χ0n) is 12.2. The molecule has 2 fully saturated rings. The van der Waals surface area contributed by atoms with E-state index in [0.29, 0.717) is 12.0 Å². The van der Waals surface area contributed by atoms with E-state index in [9.17, 15) is 0 Å². The van der Waals surface area contributed by atoms with Crippen molar-refractivity contribution in [3.63, 3.8) is 0 Å². The molecule has 3 rings (SSSR count). The van der Waals surface area contributed by atoms with Gasteiger partial charge in [0.15, 0.2) is 5.82 Å². The summed E-state index contributed by atoms with van der Waals surface area (Å²) in [6, 6.07) is 0.532. The molecule has 1 aliphatic heterocycles. The normalized spacial score (nSPS) is 21.5. The fraction of sp³-hybridized carbons (Fsp3) is 0.800. The first-order valence-corrected chi connectivity index (χ1v) is 8.13. The monoisotopic (exact) mass is 275 g/mol. The predicted molar refractivity (Wildman–Crippen MR) is 81.0 cm³/mol. The number of hydrogen-bond acceptors (Lipinski definition) is 5. The average Bonchev–Trinajstić information content (AvgIpc) is 2.78. The van der Waals surface area contributed by atoms with Crippen LogP contribution >= 0.6 is 0 Å². The van der Waals surface area contributed by atoms with Gasteiger partial charge in [-0.3, -0.25) is 0 Å². The molecule has 1 saturated carbocycles. The molecule has 0 amide bonds. The van der Waals surface area contributed by atoms with Gasteiger partial charge in [0.2, 0.25) is 5.95 Å². The lowest BCUT2D eigenvalue weighted by atomic mass is 9.96. The molecule has 0 spiro atoms. The van der Waals surface area contributed by atoms with Crippen molar-refractivity contribution < 1.29 is 0 Å². The van der Waals surface area contributed by atoms with Gasteiger partial charge in [0.05, 0.1) is 6.20 Å². The van der Waals surface area contributed by atoms with Crippen molar-refractivity contribution in [2.75, 3.05) is 23.3 Å². The minimum Gasteiger partial charge on any atom is -0.355 e. The highest BCUT2D eigenvalue weighted by atomic mass is 15.3. The molecule has 5 heteroatoms. The van der Waals surface area contributed by atoms with E-state index in [0.717, 1.165) is 18.9 Å². The van der Waals surface area contributed by atoms with Gasteiger partial charge in [-0.1, -0.05) is 32.1 Å². The lowest BCUT2D eigenvalue weighted by Crippen LogP contribution is -2.27. The Labute approximate surface area is 121 Å². The molecule has 1 N–H and O–H groups in total. The highest BCUT2D eigenvalue weighted by molar-refractivity contribution is 5.40. The van der Waals surface area contributed by atoms with E-state index in [4.69, 9.17) is 0 Å². The van der Waals surface area contributed by atoms with Crippen LogP contribution in [0.1, 0.15) is 57.8 Å². The SMILES string of the molecule is c1nnc(NC2CCCCC2)nc1N1CCCCCC1. The van der Waals surface area contributed by atoms with Crippen molar-refractivity contribution in [3.05, 3.63) is 6.20 Å². The molecule has 20 heavy (non-hydrogen) atoms. The maximum absolute atomic E-state index is 4.67. The summed E-state index contributed by atoms with van der Waals surface area (Å²) >= 11 is 0. The van der Waals surface area contributed by atoms with Gasteiger partial charge in [0.1, 0.15) is 0 Å². The predicted octanol–water partition coefficient (Wildman–Crippen LogP) is 3.00. The van der Waals surface area contributed by atoms with E-state index in [2.05, 4.69) is 25.4 Å². The molecule has 0 unspecified atom stereocenters. The Morgan fingerprint density at radius 1 is 0.950 bits per heavy atom. The number of aromatic nitrogens is 3. The number of rotatable bonds is 3. The van der Waals surface area contributed by atoms with Crippen molar-refractivity contribution in [1.82, 2.24) is 15.2 Å². The Morgan fingerprint density at radius 3 is 2.40 bits per heavy atom. The standard InChI is InChI=1S/C15H25N5/c1-2-7-11-20(10-6-1)14-12-16-19-15(18-14)17-13-8-4-3-5-9-13/h12-13H,1-11H2,(H,17,18,19). The molecule has 2 heterocycles. The van der Waals surface area contributed by atoms with Crippen molar-refractivity contribution in [3.8, 4) is 0 Å². The number of nitrogens with one attached hydrogen (secondary N) is 1. The minimum absolute atomic E-state index is 0.532.